The Morgan fingerprint density at radius 1 is 1.10 bits per heavy atom. The van der Waals surface area contributed by atoms with E-state index in [1.807, 2.05) is 30.3 Å². The molecular formula is C22H23N3O4. The van der Waals surface area contributed by atoms with Crippen LogP contribution in [-0.4, -0.2) is 53.4 Å². The van der Waals surface area contributed by atoms with E-state index in [2.05, 4.69) is 5.32 Å². The first kappa shape index (κ1) is 19.0. The van der Waals surface area contributed by atoms with E-state index in [0.717, 1.165) is 5.56 Å². The highest BCUT2D eigenvalue weighted by Crippen LogP contribution is 2.30. The summed E-state index contributed by atoms with van der Waals surface area (Å²) in [5.41, 5.74) is 0.363. The number of ether oxygens (including phenoxy) is 1. The van der Waals surface area contributed by atoms with Gasteiger partial charge < -0.3 is 15.0 Å². The van der Waals surface area contributed by atoms with Gasteiger partial charge in [-0.15, -0.1) is 0 Å². The summed E-state index contributed by atoms with van der Waals surface area (Å²) in [6, 6.07) is 15.9. The van der Waals surface area contributed by atoms with Crippen LogP contribution in [0.4, 0.5) is 4.79 Å². The maximum Gasteiger partial charge on any atom is 0.325 e. The summed E-state index contributed by atoms with van der Waals surface area (Å²) in [6.07, 6.45) is 1.17. The molecule has 2 heterocycles. The Bertz CT molecular complexity index is 929. The predicted octanol–water partition coefficient (Wildman–Crippen LogP) is 2.42. The topological polar surface area (TPSA) is 79.0 Å². The summed E-state index contributed by atoms with van der Waals surface area (Å²) < 4.78 is 5.13. The largest absolute Gasteiger partial charge is 0.497 e. The van der Waals surface area contributed by atoms with Crippen LogP contribution in [0.2, 0.25) is 0 Å². The first-order valence-corrected chi connectivity index (χ1v) is 9.64. The number of nitrogens with zero attached hydrogens (tertiary/aromatic N) is 2. The molecule has 0 aromatic heterocycles. The Kier molecular flexibility index (Phi) is 4.96. The molecule has 1 atom stereocenters. The van der Waals surface area contributed by atoms with Crippen molar-refractivity contribution in [2.45, 2.75) is 24.9 Å². The minimum absolute atomic E-state index is 0.157. The second kappa shape index (κ2) is 7.58. The Hall–Kier alpha value is -3.35. The van der Waals surface area contributed by atoms with Gasteiger partial charge in [-0.25, -0.2) is 4.79 Å². The number of hydrogen-bond donors (Lipinski definition) is 1. The number of likely N-dealkylation sites (tertiary alicyclic amines) is 1. The van der Waals surface area contributed by atoms with Crippen LogP contribution in [0.5, 0.6) is 5.75 Å². The minimum Gasteiger partial charge on any atom is -0.497 e. The van der Waals surface area contributed by atoms with Crippen molar-refractivity contribution in [3.8, 4) is 5.75 Å². The quantitative estimate of drug-likeness (QED) is 0.810. The van der Waals surface area contributed by atoms with E-state index >= 15 is 0 Å². The molecular weight excluding hydrogens is 370 g/mol. The molecule has 2 aromatic rings. The van der Waals surface area contributed by atoms with Crippen LogP contribution in [0, 0.1) is 0 Å². The lowest BCUT2D eigenvalue weighted by molar-refractivity contribution is -0.133. The van der Waals surface area contributed by atoms with Crippen molar-refractivity contribution in [2.24, 2.45) is 0 Å². The summed E-state index contributed by atoms with van der Waals surface area (Å²) in [7, 11) is 1.57. The van der Waals surface area contributed by atoms with Crippen molar-refractivity contribution in [3.05, 3.63) is 65.7 Å². The van der Waals surface area contributed by atoms with Gasteiger partial charge in [0, 0.05) is 12.1 Å². The van der Waals surface area contributed by atoms with Gasteiger partial charge in [-0.2, -0.15) is 0 Å². The highest BCUT2D eigenvalue weighted by atomic mass is 16.5. The lowest BCUT2D eigenvalue weighted by atomic mass is 9.88. The number of carbonyl (C=O) groups excluding carboxylic acids is 3. The summed E-state index contributed by atoms with van der Waals surface area (Å²) >= 11 is 0. The first-order chi connectivity index (χ1) is 14.0. The maximum absolute atomic E-state index is 13.2. The number of hydrogen-bond acceptors (Lipinski definition) is 4. The van der Waals surface area contributed by atoms with Crippen LogP contribution in [-0.2, 0) is 11.3 Å². The third-order valence-electron chi connectivity index (χ3n) is 5.55. The predicted molar refractivity (Wildman–Crippen MR) is 106 cm³/mol. The van der Waals surface area contributed by atoms with Crippen molar-refractivity contribution in [3.63, 3.8) is 0 Å². The number of amides is 4. The fourth-order valence-corrected chi connectivity index (χ4v) is 4.01. The van der Waals surface area contributed by atoms with Crippen molar-refractivity contribution >= 4 is 17.8 Å². The zero-order valence-corrected chi connectivity index (χ0v) is 16.3. The standard InChI is InChI=1S/C22H23N3O4/c1-29-18-10-8-17(9-11-18)19(26)24-13-5-12-22(15-24)20(27)25(21(28)23-22)14-16-6-3-2-4-7-16/h2-4,6-11H,5,12-15H2,1H3,(H,23,28). The van der Waals surface area contributed by atoms with Gasteiger partial charge in [0.05, 0.1) is 20.2 Å². The van der Waals surface area contributed by atoms with Crippen LogP contribution in [0.1, 0.15) is 28.8 Å². The molecule has 0 saturated carbocycles. The van der Waals surface area contributed by atoms with Crippen LogP contribution in [0.3, 0.4) is 0 Å². The van der Waals surface area contributed by atoms with E-state index in [1.165, 1.54) is 4.90 Å². The van der Waals surface area contributed by atoms with Gasteiger partial charge in [0.1, 0.15) is 11.3 Å². The van der Waals surface area contributed by atoms with E-state index < -0.39 is 11.6 Å². The smallest absolute Gasteiger partial charge is 0.325 e. The molecule has 1 spiro atoms. The molecule has 7 heteroatoms. The van der Waals surface area contributed by atoms with Crippen LogP contribution >= 0.6 is 0 Å². The fraction of sp³-hybridized carbons (Fsp3) is 0.318. The Labute approximate surface area is 169 Å². The van der Waals surface area contributed by atoms with Crippen molar-refractivity contribution < 1.29 is 19.1 Å². The third-order valence-corrected chi connectivity index (χ3v) is 5.55. The summed E-state index contributed by atoms with van der Waals surface area (Å²) in [6.45, 7) is 0.946. The summed E-state index contributed by atoms with van der Waals surface area (Å²) in [5.74, 6) is 0.250. The molecule has 2 aliphatic heterocycles. The Morgan fingerprint density at radius 2 is 1.83 bits per heavy atom. The highest BCUT2D eigenvalue weighted by Gasteiger charge is 2.53. The molecule has 4 rings (SSSR count). The fourth-order valence-electron chi connectivity index (χ4n) is 4.01. The minimum atomic E-state index is -1.05. The van der Waals surface area contributed by atoms with Gasteiger partial charge in [0.25, 0.3) is 11.8 Å². The molecule has 2 saturated heterocycles. The molecule has 0 bridgehead atoms. The lowest BCUT2D eigenvalue weighted by Gasteiger charge is -2.38. The number of benzene rings is 2. The molecule has 2 aromatic carbocycles. The number of methoxy groups -OCH3 is 1. The Balaban J connectivity index is 1.51. The van der Waals surface area contributed by atoms with E-state index in [4.69, 9.17) is 4.74 Å². The average Bonchev–Trinajstić information content (AvgIpc) is 2.98. The zero-order chi connectivity index (χ0) is 20.4. The molecule has 29 heavy (non-hydrogen) atoms. The third kappa shape index (κ3) is 3.55. The molecule has 4 amide bonds. The normalized spacial score (nSPS) is 21.4. The molecule has 0 aliphatic carbocycles. The SMILES string of the molecule is COc1ccc(C(=O)N2CCCC3(C2)NC(=O)N(Cc2ccccc2)C3=O)cc1. The second-order valence-electron chi connectivity index (χ2n) is 7.45. The van der Waals surface area contributed by atoms with Gasteiger partial charge in [0.15, 0.2) is 0 Å². The van der Waals surface area contributed by atoms with Gasteiger partial charge in [-0.1, -0.05) is 30.3 Å². The lowest BCUT2D eigenvalue weighted by Crippen LogP contribution is -2.59. The number of piperidine rings is 1. The molecule has 150 valence electrons. The highest BCUT2D eigenvalue weighted by molar-refractivity contribution is 6.07. The maximum atomic E-state index is 13.2. The molecule has 0 radical (unpaired) electrons. The molecule has 2 fully saturated rings. The molecule has 7 nitrogen and oxygen atoms in total. The van der Waals surface area contributed by atoms with Gasteiger partial charge in [-0.05, 0) is 42.7 Å². The number of carbonyl (C=O) groups is 3. The second-order valence-corrected chi connectivity index (χ2v) is 7.45. The number of nitrogens with one attached hydrogen (secondary N) is 1. The molecule has 1 N–H and O–H groups in total. The number of imide groups is 1. The van der Waals surface area contributed by atoms with Crippen LogP contribution in [0.15, 0.2) is 54.6 Å². The molecule has 2 aliphatic rings. The number of urea groups is 1. The molecule has 1 unspecified atom stereocenters. The van der Waals surface area contributed by atoms with Gasteiger partial charge in [-0.3, -0.25) is 14.5 Å². The van der Waals surface area contributed by atoms with Crippen LogP contribution in [0.25, 0.3) is 0 Å². The number of rotatable bonds is 4. The van der Waals surface area contributed by atoms with E-state index in [1.54, 1.807) is 36.3 Å². The van der Waals surface area contributed by atoms with Crippen molar-refractivity contribution in [1.29, 1.82) is 0 Å². The monoisotopic (exact) mass is 393 g/mol. The summed E-state index contributed by atoms with van der Waals surface area (Å²) in [4.78, 5) is 41.6. The summed E-state index contributed by atoms with van der Waals surface area (Å²) in [5, 5.41) is 2.87. The van der Waals surface area contributed by atoms with Gasteiger partial charge in [0.2, 0.25) is 0 Å². The Morgan fingerprint density at radius 3 is 2.52 bits per heavy atom. The first-order valence-electron chi connectivity index (χ1n) is 9.64. The van der Waals surface area contributed by atoms with Crippen molar-refractivity contribution in [2.75, 3.05) is 20.2 Å². The average molecular weight is 393 g/mol. The van der Waals surface area contributed by atoms with Crippen LogP contribution < -0.4 is 10.1 Å². The van der Waals surface area contributed by atoms with E-state index in [9.17, 15) is 14.4 Å². The van der Waals surface area contributed by atoms with E-state index in [-0.39, 0.29) is 24.9 Å². The zero-order valence-electron chi connectivity index (χ0n) is 16.3. The van der Waals surface area contributed by atoms with E-state index in [0.29, 0.717) is 30.7 Å². The van der Waals surface area contributed by atoms with Crippen molar-refractivity contribution in [1.82, 2.24) is 15.1 Å². The van der Waals surface area contributed by atoms with Gasteiger partial charge >= 0.3 is 6.03 Å².